The molecular formula is C12H23N3. The number of nitriles is 1. The van der Waals surface area contributed by atoms with Crippen LogP contribution in [-0.2, 0) is 0 Å². The fourth-order valence-corrected chi connectivity index (χ4v) is 2.00. The molecule has 1 N–H and O–H groups in total. The lowest BCUT2D eigenvalue weighted by Gasteiger charge is -2.27. The van der Waals surface area contributed by atoms with Crippen LogP contribution in [0.2, 0.25) is 0 Å². The smallest absolute Gasteiger partial charge is 0.108 e. The van der Waals surface area contributed by atoms with Crippen LogP contribution in [0.3, 0.4) is 0 Å². The van der Waals surface area contributed by atoms with E-state index in [0.29, 0.717) is 5.92 Å². The first-order valence-corrected chi connectivity index (χ1v) is 5.93. The van der Waals surface area contributed by atoms with Crippen molar-refractivity contribution < 1.29 is 0 Å². The van der Waals surface area contributed by atoms with Gasteiger partial charge in [0.25, 0.3) is 0 Å². The maximum absolute atomic E-state index is 9.33. The average molecular weight is 209 g/mol. The van der Waals surface area contributed by atoms with Gasteiger partial charge in [0.05, 0.1) is 6.07 Å². The van der Waals surface area contributed by atoms with Crippen molar-refractivity contribution in [3.8, 4) is 6.07 Å². The van der Waals surface area contributed by atoms with Gasteiger partial charge in [0.15, 0.2) is 0 Å². The summed E-state index contributed by atoms with van der Waals surface area (Å²) >= 11 is 0. The van der Waals surface area contributed by atoms with Crippen LogP contribution >= 0.6 is 0 Å². The van der Waals surface area contributed by atoms with Gasteiger partial charge >= 0.3 is 0 Å². The Hall–Kier alpha value is -0.590. The third-order valence-corrected chi connectivity index (χ3v) is 3.13. The number of likely N-dealkylation sites (tertiary alicyclic amines) is 1. The van der Waals surface area contributed by atoms with Crippen LogP contribution in [0.4, 0.5) is 0 Å². The SMILES string of the molecule is CC(C)CNC1(C#N)CCCN(C)CC1. The molecule has 1 aliphatic heterocycles. The number of nitrogens with zero attached hydrogens (tertiary/aromatic N) is 2. The number of hydrogen-bond donors (Lipinski definition) is 1. The normalized spacial score (nSPS) is 28.7. The molecule has 3 heteroatoms. The van der Waals surface area contributed by atoms with Crippen LogP contribution in [0.5, 0.6) is 0 Å². The van der Waals surface area contributed by atoms with Gasteiger partial charge < -0.3 is 4.90 Å². The monoisotopic (exact) mass is 209 g/mol. The molecular weight excluding hydrogens is 186 g/mol. The van der Waals surface area contributed by atoms with E-state index in [2.05, 4.69) is 37.2 Å². The molecule has 3 nitrogen and oxygen atoms in total. The zero-order valence-electron chi connectivity index (χ0n) is 10.2. The molecule has 0 saturated carbocycles. The van der Waals surface area contributed by atoms with Gasteiger partial charge in [0, 0.05) is 6.54 Å². The van der Waals surface area contributed by atoms with Crippen molar-refractivity contribution in [3.05, 3.63) is 0 Å². The molecule has 1 unspecified atom stereocenters. The van der Waals surface area contributed by atoms with E-state index in [1.165, 1.54) is 0 Å². The van der Waals surface area contributed by atoms with Crippen molar-refractivity contribution in [2.24, 2.45) is 5.92 Å². The summed E-state index contributed by atoms with van der Waals surface area (Å²) in [5.74, 6) is 0.608. The molecule has 0 aromatic carbocycles. The van der Waals surface area contributed by atoms with E-state index < -0.39 is 0 Å². The summed E-state index contributed by atoms with van der Waals surface area (Å²) in [4.78, 5) is 2.32. The van der Waals surface area contributed by atoms with Crippen LogP contribution < -0.4 is 5.32 Å². The first-order chi connectivity index (χ1) is 7.08. The molecule has 1 aliphatic rings. The number of hydrogen-bond acceptors (Lipinski definition) is 3. The Balaban J connectivity index is 2.55. The lowest BCUT2D eigenvalue weighted by Crippen LogP contribution is -2.46. The van der Waals surface area contributed by atoms with E-state index in [1.54, 1.807) is 0 Å². The molecule has 1 heterocycles. The predicted octanol–water partition coefficient (Wildman–Crippen LogP) is 1.61. The van der Waals surface area contributed by atoms with Crippen molar-refractivity contribution in [2.75, 3.05) is 26.7 Å². The molecule has 15 heavy (non-hydrogen) atoms. The lowest BCUT2D eigenvalue weighted by atomic mass is 9.91. The summed E-state index contributed by atoms with van der Waals surface area (Å²) in [7, 11) is 2.13. The second-order valence-corrected chi connectivity index (χ2v) is 5.13. The molecule has 0 aromatic heterocycles. The average Bonchev–Trinajstić information content (AvgIpc) is 2.39. The standard InChI is InChI=1S/C12H23N3/c1-11(2)9-14-12(10-13)5-4-7-15(3)8-6-12/h11,14H,4-9H2,1-3H3. The van der Waals surface area contributed by atoms with E-state index in [4.69, 9.17) is 0 Å². The third-order valence-electron chi connectivity index (χ3n) is 3.13. The van der Waals surface area contributed by atoms with Gasteiger partial charge in [-0.15, -0.1) is 0 Å². The third kappa shape index (κ3) is 3.81. The molecule has 1 rings (SSSR count). The van der Waals surface area contributed by atoms with Crippen LogP contribution in [0.15, 0.2) is 0 Å². The Bertz CT molecular complexity index is 232. The highest BCUT2D eigenvalue weighted by molar-refractivity contribution is 5.08. The van der Waals surface area contributed by atoms with Gasteiger partial charge in [0.2, 0.25) is 0 Å². The largest absolute Gasteiger partial charge is 0.306 e. The van der Waals surface area contributed by atoms with E-state index >= 15 is 0 Å². The molecule has 0 aromatic rings. The molecule has 0 spiro atoms. The minimum absolute atomic E-state index is 0.269. The predicted molar refractivity (Wildman–Crippen MR) is 62.5 cm³/mol. The second-order valence-electron chi connectivity index (χ2n) is 5.13. The maximum Gasteiger partial charge on any atom is 0.108 e. The lowest BCUT2D eigenvalue weighted by molar-refractivity contribution is 0.319. The van der Waals surface area contributed by atoms with Crippen molar-refractivity contribution in [3.63, 3.8) is 0 Å². The molecule has 0 amide bonds. The molecule has 86 valence electrons. The summed E-state index contributed by atoms with van der Waals surface area (Å²) in [6.45, 7) is 7.45. The van der Waals surface area contributed by atoms with Crippen molar-refractivity contribution in [2.45, 2.75) is 38.6 Å². The zero-order chi connectivity index (χ0) is 11.3. The van der Waals surface area contributed by atoms with Crippen molar-refractivity contribution in [1.29, 1.82) is 5.26 Å². The summed E-state index contributed by atoms with van der Waals surface area (Å²) in [6.07, 6.45) is 3.06. The van der Waals surface area contributed by atoms with Gasteiger partial charge in [-0.3, -0.25) is 5.32 Å². The van der Waals surface area contributed by atoms with E-state index in [0.717, 1.165) is 38.9 Å². The maximum atomic E-state index is 9.33. The van der Waals surface area contributed by atoms with Crippen molar-refractivity contribution in [1.82, 2.24) is 10.2 Å². The van der Waals surface area contributed by atoms with Gasteiger partial charge in [-0.05, 0) is 45.3 Å². The summed E-state index contributed by atoms with van der Waals surface area (Å²) in [5, 5.41) is 12.8. The highest BCUT2D eigenvalue weighted by atomic mass is 15.1. The van der Waals surface area contributed by atoms with Gasteiger partial charge in [-0.2, -0.15) is 5.26 Å². The fraction of sp³-hybridized carbons (Fsp3) is 0.917. The summed E-state index contributed by atoms with van der Waals surface area (Å²) in [6, 6.07) is 2.50. The van der Waals surface area contributed by atoms with Crippen LogP contribution in [0.1, 0.15) is 33.1 Å². The van der Waals surface area contributed by atoms with Gasteiger partial charge in [-0.1, -0.05) is 13.8 Å². The summed E-state index contributed by atoms with van der Waals surface area (Å²) in [5.41, 5.74) is -0.269. The quantitative estimate of drug-likeness (QED) is 0.767. The zero-order valence-corrected chi connectivity index (χ0v) is 10.2. The van der Waals surface area contributed by atoms with E-state index in [1.807, 2.05) is 0 Å². The molecule has 1 atom stereocenters. The van der Waals surface area contributed by atoms with Crippen molar-refractivity contribution >= 4 is 0 Å². The topological polar surface area (TPSA) is 39.1 Å². The Morgan fingerprint density at radius 3 is 2.73 bits per heavy atom. The van der Waals surface area contributed by atoms with Crippen LogP contribution in [0, 0.1) is 17.2 Å². The Kier molecular flexibility index (Phi) is 4.56. The second kappa shape index (κ2) is 5.48. The Morgan fingerprint density at radius 2 is 2.13 bits per heavy atom. The van der Waals surface area contributed by atoms with Gasteiger partial charge in [0.1, 0.15) is 5.54 Å². The number of nitrogens with one attached hydrogen (secondary N) is 1. The Labute approximate surface area is 93.5 Å². The minimum atomic E-state index is -0.269. The summed E-state index contributed by atoms with van der Waals surface area (Å²) < 4.78 is 0. The van der Waals surface area contributed by atoms with E-state index in [9.17, 15) is 5.26 Å². The van der Waals surface area contributed by atoms with Crippen LogP contribution in [0.25, 0.3) is 0 Å². The molecule has 0 radical (unpaired) electrons. The fourth-order valence-electron chi connectivity index (χ4n) is 2.00. The highest BCUT2D eigenvalue weighted by Gasteiger charge is 2.31. The number of rotatable bonds is 3. The molecule has 1 saturated heterocycles. The van der Waals surface area contributed by atoms with E-state index in [-0.39, 0.29) is 5.54 Å². The Morgan fingerprint density at radius 1 is 1.40 bits per heavy atom. The first kappa shape index (κ1) is 12.5. The molecule has 0 aliphatic carbocycles. The first-order valence-electron chi connectivity index (χ1n) is 5.93. The highest BCUT2D eigenvalue weighted by Crippen LogP contribution is 2.21. The molecule has 0 bridgehead atoms. The molecule has 1 fully saturated rings. The van der Waals surface area contributed by atoms with Gasteiger partial charge in [-0.25, -0.2) is 0 Å². The van der Waals surface area contributed by atoms with Crippen LogP contribution in [-0.4, -0.2) is 37.1 Å². The minimum Gasteiger partial charge on any atom is -0.306 e.